The Hall–Kier alpha value is -1.67. The number of aliphatic hydroxyl groups is 1. The van der Waals surface area contributed by atoms with Gasteiger partial charge in [-0.3, -0.25) is 0 Å². The number of aliphatic hydroxyl groups excluding tert-OH is 1. The van der Waals surface area contributed by atoms with E-state index in [0.717, 1.165) is 36.9 Å². The molecule has 104 valence electrons. The van der Waals surface area contributed by atoms with Crippen molar-refractivity contribution < 1.29 is 5.11 Å². The summed E-state index contributed by atoms with van der Waals surface area (Å²) in [6, 6.07) is 2.39. The minimum absolute atomic E-state index is 0.158. The first-order valence-corrected chi connectivity index (χ1v) is 6.83. The second kappa shape index (κ2) is 7.70. The third kappa shape index (κ3) is 3.90. The smallest absolute Gasteiger partial charge is 0.167 e. The van der Waals surface area contributed by atoms with Gasteiger partial charge in [0.05, 0.1) is 5.69 Å². The van der Waals surface area contributed by atoms with E-state index in [1.807, 2.05) is 20.8 Å². The van der Waals surface area contributed by atoms with Gasteiger partial charge in [-0.1, -0.05) is 13.8 Å². The molecule has 1 aromatic rings. The van der Waals surface area contributed by atoms with Gasteiger partial charge in [-0.2, -0.15) is 10.4 Å². The molecule has 0 spiro atoms. The Morgan fingerprint density at radius 2 is 2.05 bits per heavy atom. The van der Waals surface area contributed by atoms with Crippen molar-refractivity contribution in [3.8, 4) is 6.07 Å². The molecule has 1 aromatic heterocycles. The van der Waals surface area contributed by atoms with Gasteiger partial charge in [0.15, 0.2) is 5.82 Å². The molecule has 19 heavy (non-hydrogen) atoms. The Balaban J connectivity index is 2.99. The first kappa shape index (κ1) is 15.4. The van der Waals surface area contributed by atoms with Crippen LogP contribution >= 0.6 is 0 Å². The molecule has 1 atom stereocenters. The van der Waals surface area contributed by atoms with Crippen LogP contribution < -0.4 is 5.32 Å². The summed E-state index contributed by atoms with van der Waals surface area (Å²) in [5.74, 6) is 0.557. The zero-order valence-electron chi connectivity index (χ0n) is 11.9. The summed E-state index contributed by atoms with van der Waals surface area (Å²) in [4.78, 5) is 0. The minimum Gasteiger partial charge on any atom is -0.396 e. The Morgan fingerprint density at radius 3 is 2.58 bits per heavy atom. The molecule has 0 aliphatic rings. The van der Waals surface area contributed by atoms with Crippen LogP contribution in [-0.4, -0.2) is 28.0 Å². The summed E-state index contributed by atoms with van der Waals surface area (Å²) >= 11 is 0. The van der Waals surface area contributed by atoms with E-state index < -0.39 is 0 Å². The van der Waals surface area contributed by atoms with Crippen LogP contribution in [0.1, 0.15) is 50.4 Å². The van der Waals surface area contributed by atoms with Crippen LogP contribution in [0.3, 0.4) is 0 Å². The van der Waals surface area contributed by atoms with Crippen LogP contribution in [0.25, 0.3) is 0 Å². The van der Waals surface area contributed by atoms with Crippen molar-refractivity contribution in [3.63, 3.8) is 0 Å². The van der Waals surface area contributed by atoms with Crippen LogP contribution in [0.4, 0.5) is 5.82 Å². The van der Waals surface area contributed by atoms with Gasteiger partial charge in [-0.15, -0.1) is 5.10 Å². The van der Waals surface area contributed by atoms with E-state index in [-0.39, 0.29) is 12.6 Å². The van der Waals surface area contributed by atoms with E-state index in [1.165, 1.54) is 0 Å². The average molecular weight is 262 g/mol. The van der Waals surface area contributed by atoms with Crippen LogP contribution in [0.15, 0.2) is 0 Å². The zero-order valence-corrected chi connectivity index (χ0v) is 11.9. The number of aryl methyl sites for hydroxylation is 1. The van der Waals surface area contributed by atoms with Gasteiger partial charge in [0.25, 0.3) is 0 Å². The summed E-state index contributed by atoms with van der Waals surface area (Å²) in [5.41, 5.74) is 2.48. The van der Waals surface area contributed by atoms with Crippen LogP contribution in [0.5, 0.6) is 0 Å². The van der Waals surface area contributed by atoms with Crippen LogP contribution in [0.2, 0.25) is 0 Å². The largest absolute Gasteiger partial charge is 0.396 e. The highest BCUT2D eigenvalue weighted by Gasteiger charge is 2.15. The van der Waals surface area contributed by atoms with E-state index in [2.05, 4.69) is 21.6 Å². The molecule has 0 bridgehead atoms. The maximum atomic E-state index is 9.34. The molecule has 5 nitrogen and oxygen atoms in total. The normalized spacial score (nSPS) is 11.9. The van der Waals surface area contributed by atoms with E-state index >= 15 is 0 Å². The molecular formula is C14H22N4O. The molecule has 0 amide bonds. The predicted octanol–water partition coefficient (Wildman–Crippen LogP) is 2.05. The molecule has 2 N–H and O–H groups in total. The maximum absolute atomic E-state index is 9.34. The van der Waals surface area contributed by atoms with E-state index in [4.69, 9.17) is 5.11 Å². The number of anilines is 1. The third-order valence-corrected chi connectivity index (χ3v) is 3.14. The number of nitrogens with one attached hydrogen (secondary N) is 1. The molecule has 1 unspecified atom stereocenters. The first-order valence-electron chi connectivity index (χ1n) is 6.83. The topological polar surface area (TPSA) is 81.8 Å². The highest BCUT2D eigenvalue weighted by atomic mass is 16.2. The number of aromatic nitrogens is 2. The number of rotatable bonds is 7. The lowest BCUT2D eigenvalue weighted by atomic mass is 10.0. The van der Waals surface area contributed by atoms with E-state index in [9.17, 15) is 5.26 Å². The molecule has 0 fully saturated rings. The predicted molar refractivity (Wildman–Crippen MR) is 74.9 cm³/mol. The number of hydrogen-bond donors (Lipinski definition) is 2. The van der Waals surface area contributed by atoms with Crippen molar-refractivity contribution in [2.45, 2.75) is 52.5 Å². The molecule has 0 aliphatic heterocycles. The first-order chi connectivity index (χ1) is 9.17. The third-order valence-electron chi connectivity index (χ3n) is 3.14. The van der Waals surface area contributed by atoms with Crippen molar-refractivity contribution >= 4 is 5.82 Å². The Morgan fingerprint density at radius 1 is 1.32 bits per heavy atom. The fourth-order valence-electron chi connectivity index (χ4n) is 2.10. The summed E-state index contributed by atoms with van der Waals surface area (Å²) < 4.78 is 0. The van der Waals surface area contributed by atoms with Gasteiger partial charge in [0, 0.05) is 12.6 Å². The molecule has 5 heteroatoms. The van der Waals surface area contributed by atoms with Crippen LogP contribution in [0, 0.1) is 11.3 Å². The van der Waals surface area contributed by atoms with E-state index in [1.54, 1.807) is 0 Å². The van der Waals surface area contributed by atoms with Gasteiger partial charge >= 0.3 is 0 Å². The maximum Gasteiger partial charge on any atom is 0.167 e. The van der Waals surface area contributed by atoms with Gasteiger partial charge in [0.1, 0.15) is 11.6 Å². The van der Waals surface area contributed by atoms with Gasteiger partial charge < -0.3 is 10.4 Å². The standard InChI is InChI=1S/C14H22N4O/c1-4-11-12(9-15)14(18-17-13(11)5-2)16-10(3)7-6-8-19/h10,19H,4-8H2,1-3H3,(H,16,18). The Labute approximate surface area is 114 Å². The fraction of sp³-hybridized carbons (Fsp3) is 0.643. The van der Waals surface area contributed by atoms with Crippen LogP contribution in [-0.2, 0) is 12.8 Å². The molecule has 1 heterocycles. The fourth-order valence-corrected chi connectivity index (χ4v) is 2.10. The second-order valence-electron chi connectivity index (χ2n) is 4.58. The van der Waals surface area contributed by atoms with Crippen molar-refractivity contribution in [1.82, 2.24) is 10.2 Å². The highest BCUT2D eigenvalue weighted by Crippen LogP contribution is 2.21. The van der Waals surface area contributed by atoms with Gasteiger partial charge in [0.2, 0.25) is 0 Å². The van der Waals surface area contributed by atoms with Crippen molar-refractivity contribution in [1.29, 1.82) is 5.26 Å². The summed E-state index contributed by atoms with van der Waals surface area (Å²) in [6.07, 6.45) is 3.13. The quantitative estimate of drug-likeness (QED) is 0.786. The Bertz CT molecular complexity index is 453. The number of nitriles is 1. The minimum atomic E-state index is 0.158. The molecule has 0 aliphatic carbocycles. The lowest BCUT2D eigenvalue weighted by molar-refractivity contribution is 0.282. The van der Waals surface area contributed by atoms with E-state index in [0.29, 0.717) is 11.4 Å². The molecule has 0 radical (unpaired) electrons. The number of hydrogen-bond acceptors (Lipinski definition) is 5. The summed E-state index contributed by atoms with van der Waals surface area (Å²) in [7, 11) is 0. The molecule has 1 rings (SSSR count). The second-order valence-corrected chi connectivity index (χ2v) is 4.58. The van der Waals surface area contributed by atoms with Gasteiger partial charge in [-0.05, 0) is 38.2 Å². The lowest BCUT2D eigenvalue weighted by Gasteiger charge is -2.16. The number of nitrogens with zero attached hydrogens (tertiary/aromatic N) is 3. The summed E-state index contributed by atoms with van der Waals surface area (Å²) in [5, 5.41) is 29.7. The highest BCUT2D eigenvalue weighted by molar-refractivity contribution is 5.56. The summed E-state index contributed by atoms with van der Waals surface area (Å²) in [6.45, 7) is 6.23. The van der Waals surface area contributed by atoms with Gasteiger partial charge in [-0.25, -0.2) is 0 Å². The average Bonchev–Trinajstić information content (AvgIpc) is 2.44. The van der Waals surface area contributed by atoms with Crippen molar-refractivity contribution in [2.75, 3.05) is 11.9 Å². The van der Waals surface area contributed by atoms with Crippen molar-refractivity contribution in [3.05, 3.63) is 16.8 Å². The lowest BCUT2D eigenvalue weighted by Crippen LogP contribution is -2.19. The monoisotopic (exact) mass is 262 g/mol. The Kier molecular flexibility index (Phi) is 6.23. The molecule has 0 aromatic carbocycles. The molecular weight excluding hydrogens is 240 g/mol. The zero-order chi connectivity index (χ0) is 14.3. The van der Waals surface area contributed by atoms with Crippen molar-refractivity contribution in [2.24, 2.45) is 0 Å². The molecule has 0 saturated carbocycles. The SMILES string of the molecule is CCc1nnc(NC(C)CCCO)c(C#N)c1CC. The molecule has 0 saturated heterocycles.